The fourth-order valence-corrected chi connectivity index (χ4v) is 2.13. The lowest BCUT2D eigenvalue weighted by molar-refractivity contribution is 0.0638. The maximum absolute atomic E-state index is 5.50. The van der Waals surface area contributed by atoms with Crippen molar-refractivity contribution in [3.05, 3.63) is 12.3 Å². The molecule has 1 fully saturated rings. The van der Waals surface area contributed by atoms with Gasteiger partial charge in [-0.25, -0.2) is 0 Å². The average Bonchev–Trinajstić information content (AvgIpc) is 2.32. The van der Waals surface area contributed by atoms with E-state index in [0.29, 0.717) is 6.10 Å². The molecule has 2 heterocycles. The van der Waals surface area contributed by atoms with Crippen LogP contribution in [0.4, 0.5) is 0 Å². The number of nitrogens with one attached hydrogen (secondary N) is 1. The van der Waals surface area contributed by atoms with Crippen LogP contribution in [0.5, 0.6) is 0 Å². The van der Waals surface area contributed by atoms with E-state index in [1.54, 1.807) is 0 Å². The summed E-state index contributed by atoms with van der Waals surface area (Å²) in [5.74, 6) is 0.804. The number of allylic oxidation sites excluding steroid dienone is 1. The molecule has 0 saturated carbocycles. The van der Waals surface area contributed by atoms with Gasteiger partial charge in [-0.2, -0.15) is 0 Å². The second kappa shape index (κ2) is 6.13. The third-order valence-electron chi connectivity index (χ3n) is 3.17. The quantitative estimate of drug-likeness (QED) is 0.767. The Morgan fingerprint density at radius 2 is 2.00 bits per heavy atom. The molecule has 3 nitrogen and oxygen atoms in total. The molecule has 2 rings (SSSR count). The van der Waals surface area contributed by atoms with E-state index in [1.807, 2.05) is 6.26 Å². The third kappa shape index (κ3) is 3.84. The van der Waals surface area contributed by atoms with Gasteiger partial charge in [0, 0.05) is 19.8 Å². The Morgan fingerprint density at radius 1 is 1.13 bits per heavy atom. The van der Waals surface area contributed by atoms with Gasteiger partial charge in [0.2, 0.25) is 0 Å². The topological polar surface area (TPSA) is 30.5 Å². The third-order valence-corrected chi connectivity index (χ3v) is 3.17. The van der Waals surface area contributed by atoms with E-state index in [4.69, 9.17) is 9.47 Å². The van der Waals surface area contributed by atoms with Crippen molar-refractivity contribution < 1.29 is 9.47 Å². The summed E-state index contributed by atoms with van der Waals surface area (Å²) in [6.45, 7) is 3.98. The predicted octanol–water partition coefficient (Wildman–Crippen LogP) is 1.70. The van der Waals surface area contributed by atoms with Gasteiger partial charge >= 0.3 is 0 Å². The first-order valence-electron chi connectivity index (χ1n) is 6.04. The van der Waals surface area contributed by atoms with E-state index in [1.165, 1.54) is 12.8 Å². The number of rotatable bonds is 4. The van der Waals surface area contributed by atoms with Crippen LogP contribution in [-0.2, 0) is 9.47 Å². The summed E-state index contributed by atoms with van der Waals surface area (Å²) in [6, 6.07) is 0. The van der Waals surface area contributed by atoms with Gasteiger partial charge in [-0.3, -0.25) is 0 Å². The van der Waals surface area contributed by atoms with Crippen molar-refractivity contribution in [1.29, 1.82) is 0 Å². The van der Waals surface area contributed by atoms with E-state index in [9.17, 15) is 0 Å². The van der Waals surface area contributed by atoms with Crippen LogP contribution in [0.1, 0.15) is 25.7 Å². The molecule has 3 heteroatoms. The minimum Gasteiger partial charge on any atom is -0.497 e. The first kappa shape index (κ1) is 11.0. The molecule has 0 aromatic carbocycles. The Balaban J connectivity index is 1.55. The van der Waals surface area contributed by atoms with Crippen LogP contribution in [0.15, 0.2) is 12.3 Å². The Hall–Kier alpha value is -0.540. The number of hydrogen-bond acceptors (Lipinski definition) is 3. The molecule has 0 radical (unpaired) electrons. The SMILES string of the molecule is C1=COC(CNCC2CCOCC2)CC1. The van der Waals surface area contributed by atoms with Crippen LogP contribution in [-0.4, -0.2) is 32.4 Å². The highest BCUT2D eigenvalue weighted by Gasteiger charge is 2.15. The van der Waals surface area contributed by atoms with Crippen LogP contribution in [0.25, 0.3) is 0 Å². The molecule has 0 aromatic rings. The molecule has 0 amide bonds. The minimum atomic E-state index is 0.384. The van der Waals surface area contributed by atoms with Gasteiger partial charge in [0.05, 0.1) is 6.26 Å². The molecule has 1 atom stereocenters. The summed E-state index contributed by atoms with van der Waals surface area (Å²) >= 11 is 0. The average molecular weight is 211 g/mol. The molecule has 0 bridgehead atoms. The van der Waals surface area contributed by atoms with Crippen molar-refractivity contribution in [2.24, 2.45) is 5.92 Å². The second-order valence-electron chi connectivity index (χ2n) is 4.42. The highest BCUT2D eigenvalue weighted by molar-refractivity contribution is 4.83. The molecule has 0 spiro atoms. The molecule has 0 aromatic heterocycles. The van der Waals surface area contributed by atoms with E-state index in [-0.39, 0.29) is 0 Å². The normalized spacial score (nSPS) is 27.6. The van der Waals surface area contributed by atoms with Crippen molar-refractivity contribution >= 4 is 0 Å². The molecule has 1 N–H and O–H groups in total. The van der Waals surface area contributed by atoms with Crippen LogP contribution in [0.3, 0.4) is 0 Å². The van der Waals surface area contributed by atoms with Gasteiger partial charge in [-0.1, -0.05) is 0 Å². The summed E-state index contributed by atoms with van der Waals surface area (Å²) in [5, 5.41) is 3.51. The summed E-state index contributed by atoms with van der Waals surface area (Å²) in [7, 11) is 0. The van der Waals surface area contributed by atoms with Gasteiger partial charge in [-0.05, 0) is 44.2 Å². The molecular formula is C12H21NO2. The summed E-state index contributed by atoms with van der Waals surface area (Å²) in [5.41, 5.74) is 0. The zero-order valence-electron chi connectivity index (χ0n) is 9.28. The number of hydrogen-bond donors (Lipinski definition) is 1. The molecule has 1 saturated heterocycles. The van der Waals surface area contributed by atoms with Crippen LogP contribution in [0, 0.1) is 5.92 Å². The highest BCUT2D eigenvalue weighted by atomic mass is 16.5. The fraction of sp³-hybridized carbons (Fsp3) is 0.833. The molecule has 0 aliphatic carbocycles. The lowest BCUT2D eigenvalue weighted by atomic mass is 10.0. The molecule has 2 aliphatic rings. The first-order chi connectivity index (χ1) is 7.45. The van der Waals surface area contributed by atoms with Crippen LogP contribution >= 0.6 is 0 Å². The fourth-order valence-electron chi connectivity index (χ4n) is 2.13. The molecule has 2 aliphatic heterocycles. The van der Waals surface area contributed by atoms with Crippen LogP contribution < -0.4 is 5.32 Å². The van der Waals surface area contributed by atoms with Crippen molar-refractivity contribution in [2.45, 2.75) is 31.8 Å². The van der Waals surface area contributed by atoms with Crippen molar-refractivity contribution in [1.82, 2.24) is 5.32 Å². The Bertz CT molecular complexity index is 200. The summed E-state index contributed by atoms with van der Waals surface area (Å²) in [6.07, 6.45) is 9.03. The minimum absolute atomic E-state index is 0.384. The Kier molecular flexibility index (Phi) is 4.48. The van der Waals surface area contributed by atoms with Gasteiger partial charge in [0.1, 0.15) is 6.10 Å². The zero-order valence-corrected chi connectivity index (χ0v) is 9.28. The van der Waals surface area contributed by atoms with E-state index in [0.717, 1.165) is 45.1 Å². The lowest BCUT2D eigenvalue weighted by Gasteiger charge is -2.24. The largest absolute Gasteiger partial charge is 0.497 e. The molecule has 1 unspecified atom stereocenters. The molecule has 86 valence electrons. The summed E-state index contributed by atoms with van der Waals surface area (Å²) < 4.78 is 10.8. The molecule has 15 heavy (non-hydrogen) atoms. The van der Waals surface area contributed by atoms with Crippen molar-refractivity contribution in [3.63, 3.8) is 0 Å². The maximum atomic E-state index is 5.50. The van der Waals surface area contributed by atoms with E-state index < -0.39 is 0 Å². The monoisotopic (exact) mass is 211 g/mol. The van der Waals surface area contributed by atoms with Gasteiger partial charge in [0.25, 0.3) is 0 Å². The first-order valence-corrected chi connectivity index (χ1v) is 6.04. The van der Waals surface area contributed by atoms with E-state index >= 15 is 0 Å². The van der Waals surface area contributed by atoms with Crippen molar-refractivity contribution in [2.75, 3.05) is 26.3 Å². The van der Waals surface area contributed by atoms with Gasteiger partial charge in [0.15, 0.2) is 0 Å². The summed E-state index contributed by atoms with van der Waals surface area (Å²) in [4.78, 5) is 0. The van der Waals surface area contributed by atoms with Gasteiger partial charge in [-0.15, -0.1) is 0 Å². The maximum Gasteiger partial charge on any atom is 0.110 e. The van der Waals surface area contributed by atoms with Gasteiger partial charge < -0.3 is 14.8 Å². The highest BCUT2D eigenvalue weighted by Crippen LogP contribution is 2.14. The lowest BCUT2D eigenvalue weighted by Crippen LogP contribution is -2.34. The van der Waals surface area contributed by atoms with E-state index in [2.05, 4.69) is 11.4 Å². The predicted molar refractivity (Wildman–Crippen MR) is 59.7 cm³/mol. The standard InChI is InChI=1S/C12H21NO2/c1-2-6-15-12(3-1)10-13-9-11-4-7-14-8-5-11/h2,6,11-13H,1,3-5,7-10H2. The van der Waals surface area contributed by atoms with Crippen LogP contribution in [0.2, 0.25) is 0 Å². The second-order valence-corrected chi connectivity index (χ2v) is 4.42. The number of ether oxygens (including phenoxy) is 2. The van der Waals surface area contributed by atoms with Crippen molar-refractivity contribution in [3.8, 4) is 0 Å². The Morgan fingerprint density at radius 3 is 2.73 bits per heavy atom. The smallest absolute Gasteiger partial charge is 0.110 e. The zero-order chi connectivity index (χ0) is 10.3. The molecular weight excluding hydrogens is 190 g/mol. The Labute approximate surface area is 91.8 Å².